The molecule has 0 heterocycles. The summed E-state index contributed by atoms with van der Waals surface area (Å²) in [6, 6.07) is 11.2. The van der Waals surface area contributed by atoms with Gasteiger partial charge in [0.05, 0.1) is 0 Å². The lowest BCUT2D eigenvalue weighted by Crippen LogP contribution is -2.14. The van der Waals surface area contributed by atoms with Crippen LogP contribution in [0.3, 0.4) is 0 Å². The van der Waals surface area contributed by atoms with Gasteiger partial charge in [-0.2, -0.15) is 0 Å². The third-order valence-corrected chi connectivity index (χ3v) is 1.63. The highest BCUT2D eigenvalue weighted by Gasteiger charge is 1.91. The average Bonchev–Trinajstić information content (AvgIpc) is 2.03. The van der Waals surface area contributed by atoms with Crippen molar-refractivity contribution in [1.82, 2.24) is 4.90 Å². The van der Waals surface area contributed by atoms with Crippen molar-refractivity contribution in [2.24, 2.45) is 0 Å². The van der Waals surface area contributed by atoms with Crippen molar-refractivity contribution in [2.75, 3.05) is 20.6 Å². The molecule has 1 rings (SSSR count). The molecular weight excluding hydrogens is 134 g/mol. The summed E-state index contributed by atoms with van der Waals surface area (Å²) in [5, 5.41) is 0. The van der Waals surface area contributed by atoms with Crippen LogP contribution >= 0.6 is 0 Å². The molecule has 0 amide bonds. The number of hydrogen-bond acceptors (Lipinski definition) is 1. The molecule has 59 valence electrons. The molecule has 0 atom stereocenters. The van der Waals surface area contributed by atoms with Crippen molar-refractivity contribution in [1.29, 1.82) is 0 Å². The third kappa shape index (κ3) is 3.19. The quantitative estimate of drug-likeness (QED) is 0.629. The van der Waals surface area contributed by atoms with Gasteiger partial charge in [0, 0.05) is 6.54 Å². The van der Waals surface area contributed by atoms with E-state index in [1.165, 1.54) is 5.56 Å². The molecule has 1 aromatic carbocycles. The van der Waals surface area contributed by atoms with Crippen LogP contribution in [0.5, 0.6) is 0 Å². The van der Waals surface area contributed by atoms with E-state index in [1.54, 1.807) is 0 Å². The summed E-state index contributed by atoms with van der Waals surface area (Å²) in [6.07, 6.45) is 1.13. The molecule has 0 aromatic heterocycles. The van der Waals surface area contributed by atoms with Crippen LogP contribution in [-0.2, 0) is 6.42 Å². The Kier molecular flexibility index (Phi) is 3.12. The fourth-order valence-electron chi connectivity index (χ4n) is 0.941. The Balaban J connectivity index is 2.39. The van der Waals surface area contributed by atoms with Crippen LogP contribution in [0.4, 0.5) is 0 Å². The Morgan fingerprint density at radius 1 is 1.27 bits per heavy atom. The highest BCUT2D eigenvalue weighted by molar-refractivity contribution is 5.13. The second-order valence-electron chi connectivity index (χ2n) is 2.96. The highest BCUT2D eigenvalue weighted by atomic mass is 15.0. The van der Waals surface area contributed by atoms with Gasteiger partial charge in [-0.05, 0) is 32.1 Å². The fourth-order valence-corrected chi connectivity index (χ4v) is 0.941. The maximum atomic E-state index is 3.01. The SMILES string of the molecule is CN(C)CCc1cc[c]cc1. The molecule has 0 spiro atoms. The van der Waals surface area contributed by atoms with Crippen LogP contribution in [0.2, 0.25) is 0 Å². The van der Waals surface area contributed by atoms with Crippen molar-refractivity contribution >= 4 is 0 Å². The first-order valence-corrected chi connectivity index (χ1v) is 3.89. The van der Waals surface area contributed by atoms with E-state index in [0.717, 1.165) is 13.0 Å². The van der Waals surface area contributed by atoms with Crippen molar-refractivity contribution in [3.05, 3.63) is 35.9 Å². The summed E-state index contributed by atoms with van der Waals surface area (Å²) in [7, 11) is 4.18. The van der Waals surface area contributed by atoms with Gasteiger partial charge in [0.15, 0.2) is 0 Å². The van der Waals surface area contributed by atoms with Crippen LogP contribution in [0.1, 0.15) is 5.56 Å². The molecule has 0 aliphatic carbocycles. The molecule has 0 N–H and O–H groups in total. The lowest BCUT2D eigenvalue weighted by molar-refractivity contribution is 0.413. The lowest BCUT2D eigenvalue weighted by atomic mass is 10.1. The summed E-state index contributed by atoms with van der Waals surface area (Å²) in [5.41, 5.74) is 1.39. The van der Waals surface area contributed by atoms with Crippen molar-refractivity contribution < 1.29 is 0 Å². The largest absolute Gasteiger partial charge is 0.309 e. The summed E-state index contributed by atoms with van der Waals surface area (Å²) in [6.45, 7) is 1.12. The summed E-state index contributed by atoms with van der Waals surface area (Å²) < 4.78 is 0. The fraction of sp³-hybridized carbons (Fsp3) is 0.400. The smallest absolute Gasteiger partial charge is 0.00157 e. The van der Waals surface area contributed by atoms with Gasteiger partial charge >= 0.3 is 0 Å². The van der Waals surface area contributed by atoms with Crippen molar-refractivity contribution in [2.45, 2.75) is 6.42 Å². The number of rotatable bonds is 3. The number of likely N-dealkylation sites (N-methyl/N-ethyl adjacent to an activating group) is 1. The third-order valence-electron chi connectivity index (χ3n) is 1.63. The van der Waals surface area contributed by atoms with Gasteiger partial charge in [-0.1, -0.05) is 24.3 Å². The van der Waals surface area contributed by atoms with Crippen LogP contribution < -0.4 is 0 Å². The van der Waals surface area contributed by atoms with E-state index in [0.29, 0.717) is 0 Å². The van der Waals surface area contributed by atoms with E-state index in [9.17, 15) is 0 Å². The zero-order chi connectivity index (χ0) is 8.10. The van der Waals surface area contributed by atoms with Gasteiger partial charge < -0.3 is 4.90 Å². The van der Waals surface area contributed by atoms with Gasteiger partial charge in [-0.3, -0.25) is 0 Å². The first-order chi connectivity index (χ1) is 5.29. The summed E-state index contributed by atoms with van der Waals surface area (Å²) in [4.78, 5) is 2.19. The van der Waals surface area contributed by atoms with Crippen LogP contribution in [0.25, 0.3) is 0 Å². The second kappa shape index (κ2) is 4.14. The van der Waals surface area contributed by atoms with Gasteiger partial charge in [-0.25, -0.2) is 0 Å². The molecule has 0 fully saturated rings. The van der Waals surface area contributed by atoms with Gasteiger partial charge in [0.2, 0.25) is 0 Å². The van der Waals surface area contributed by atoms with Gasteiger partial charge in [0.1, 0.15) is 0 Å². The number of nitrogens with zero attached hydrogens (tertiary/aromatic N) is 1. The summed E-state index contributed by atoms with van der Waals surface area (Å²) >= 11 is 0. The van der Waals surface area contributed by atoms with Crippen LogP contribution in [-0.4, -0.2) is 25.5 Å². The molecule has 0 aliphatic rings. The Morgan fingerprint density at radius 2 is 1.91 bits per heavy atom. The molecule has 0 saturated carbocycles. The molecule has 0 aliphatic heterocycles. The molecule has 1 radical (unpaired) electrons. The second-order valence-corrected chi connectivity index (χ2v) is 2.96. The van der Waals surface area contributed by atoms with E-state index in [-0.39, 0.29) is 0 Å². The zero-order valence-electron chi connectivity index (χ0n) is 7.17. The van der Waals surface area contributed by atoms with E-state index < -0.39 is 0 Å². The zero-order valence-corrected chi connectivity index (χ0v) is 7.17. The number of benzene rings is 1. The Bertz CT molecular complexity index is 191. The van der Waals surface area contributed by atoms with Crippen molar-refractivity contribution in [3.63, 3.8) is 0 Å². The predicted octanol–water partition coefficient (Wildman–Crippen LogP) is 1.59. The molecule has 11 heavy (non-hydrogen) atoms. The Morgan fingerprint density at radius 3 is 2.45 bits per heavy atom. The maximum absolute atomic E-state index is 3.01. The van der Waals surface area contributed by atoms with Gasteiger partial charge in [-0.15, -0.1) is 0 Å². The summed E-state index contributed by atoms with van der Waals surface area (Å²) in [5.74, 6) is 0. The molecule has 1 heteroatoms. The van der Waals surface area contributed by atoms with E-state index in [2.05, 4.69) is 37.2 Å². The highest BCUT2D eigenvalue weighted by Crippen LogP contribution is 1.98. The van der Waals surface area contributed by atoms with Crippen LogP contribution in [0.15, 0.2) is 24.3 Å². The standard InChI is InChI=1S/C10H14N/c1-11(2)9-8-10-6-4-3-5-7-10/h4-7H,8-9H2,1-2H3. The molecule has 0 saturated heterocycles. The Hall–Kier alpha value is -0.820. The molecule has 1 nitrogen and oxygen atoms in total. The van der Waals surface area contributed by atoms with E-state index in [4.69, 9.17) is 0 Å². The van der Waals surface area contributed by atoms with Crippen molar-refractivity contribution in [3.8, 4) is 0 Å². The first kappa shape index (κ1) is 8.28. The topological polar surface area (TPSA) is 3.24 Å². The monoisotopic (exact) mass is 148 g/mol. The average molecular weight is 148 g/mol. The molecule has 0 bridgehead atoms. The maximum Gasteiger partial charge on any atom is 0.00157 e. The van der Waals surface area contributed by atoms with E-state index >= 15 is 0 Å². The molecule has 1 aromatic rings. The first-order valence-electron chi connectivity index (χ1n) is 3.89. The molecule has 0 unspecified atom stereocenters. The normalized spacial score (nSPS) is 10.5. The van der Waals surface area contributed by atoms with Crippen LogP contribution in [0, 0.1) is 6.07 Å². The lowest BCUT2D eigenvalue weighted by Gasteiger charge is -2.08. The molecular formula is C10H14N. The Labute approximate surface area is 68.7 Å². The number of hydrogen-bond donors (Lipinski definition) is 0. The minimum atomic E-state index is 1.12. The predicted molar refractivity (Wildman–Crippen MR) is 47.5 cm³/mol. The van der Waals surface area contributed by atoms with Gasteiger partial charge in [0.25, 0.3) is 0 Å². The minimum absolute atomic E-state index is 1.12. The van der Waals surface area contributed by atoms with E-state index in [1.807, 2.05) is 12.1 Å². The minimum Gasteiger partial charge on any atom is -0.309 e.